The van der Waals surface area contributed by atoms with Gasteiger partial charge in [-0.15, -0.1) is 0 Å². The molecular formula is C30H31N5O. The summed E-state index contributed by atoms with van der Waals surface area (Å²) in [7, 11) is 0. The number of nitrogens with one attached hydrogen (secondary N) is 1. The van der Waals surface area contributed by atoms with Gasteiger partial charge in [-0.1, -0.05) is 72.8 Å². The maximum absolute atomic E-state index is 11.1. The van der Waals surface area contributed by atoms with E-state index >= 15 is 0 Å². The number of hydrogen-bond acceptors (Lipinski definition) is 6. The van der Waals surface area contributed by atoms with Crippen molar-refractivity contribution in [3.8, 4) is 11.1 Å². The van der Waals surface area contributed by atoms with E-state index in [4.69, 9.17) is 0 Å². The Labute approximate surface area is 212 Å². The van der Waals surface area contributed by atoms with Gasteiger partial charge >= 0.3 is 0 Å². The van der Waals surface area contributed by atoms with E-state index in [2.05, 4.69) is 73.6 Å². The van der Waals surface area contributed by atoms with Crippen LogP contribution in [0.3, 0.4) is 0 Å². The Morgan fingerprint density at radius 1 is 0.833 bits per heavy atom. The van der Waals surface area contributed by atoms with E-state index in [0.29, 0.717) is 6.54 Å². The van der Waals surface area contributed by atoms with Gasteiger partial charge in [0.05, 0.1) is 6.10 Å². The lowest BCUT2D eigenvalue weighted by Crippen LogP contribution is -2.55. The summed E-state index contributed by atoms with van der Waals surface area (Å²) in [5.41, 5.74) is 6.10. The van der Waals surface area contributed by atoms with Gasteiger partial charge < -0.3 is 15.3 Å². The van der Waals surface area contributed by atoms with Crippen molar-refractivity contribution in [1.29, 1.82) is 0 Å². The average Bonchev–Trinajstić information content (AvgIpc) is 2.94. The zero-order valence-electron chi connectivity index (χ0n) is 20.3. The fourth-order valence-corrected chi connectivity index (χ4v) is 5.54. The van der Waals surface area contributed by atoms with Crippen LogP contribution >= 0.6 is 0 Å². The van der Waals surface area contributed by atoms with Crippen molar-refractivity contribution in [2.75, 3.05) is 29.9 Å². The Balaban J connectivity index is 1.15. The number of rotatable bonds is 5. The van der Waals surface area contributed by atoms with E-state index in [1.165, 1.54) is 11.1 Å². The molecule has 1 saturated heterocycles. The summed E-state index contributed by atoms with van der Waals surface area (Å²) in [5, 5.41) is 14.6. The monoisotopic (exact) mass is 477 g/mol. The summed E-state index contributed by atoms with van der Waals surface area (Å²) in [4.78, 5) is 13.6. The minimum atomic E-state index is -0.422. The van der Waals surface area contributed by atoms with E-state index in [1.807, 2.05) is 36.4 Å². The number of benzene rings is 3. The molecule has 182 valence electrons. The Kier molecular flexibility index (Phi) is 6.36. The van der Waals surface area contributed by atoms with Crippen LogP contribution in [0.5, 0.6) is 0 Å². The van der Waals surface area contributed by atoms with Gasteiger partial charge in [0, 0.05) is 49.5 Å². The van der Waals surface area contributed by atoms with Crippen molar-refractivity contribution in [3.63, 3.8) is 0 Å². The molecule has 0 amide bonds. The van der Waals surface area contributed by atoms with Crippen LogP contribution in [0.25, 0.3) is 11.1 Å². The summed E-state index contributed by atoms with van der Waals surface area (Å²) in [6.45, 7) is 3.35. The molecule has 0 radical (unpaired) electrons. The number of anilines is 3. The number of hydrogen-bond donors (Lipinski definition) is 2. The van der Waals surface area contributed by atoms with Gasteiger partial charge in [-0.05, 0) is 35.6 Å². The summed E-state index contributed by atoms with van der Waals surface area (Å²) < 4.78 is 0. The summed E-state index contributed by atoms with van der Waals surface area (Å²) in [6.07, 6.45) is 3.14. The molecule has 1 fully saturated rings. The van der Waals surface area contributed by atoms with Gasteiger partial charge in [0.2, 0.25) is 0 Å². The van der Waals surface area contributed by atoms with Crippen molar-refractivity contribution < 1.29 is 5.11 Å². The Bertz CT molecular complexity index is 1330. The second kappa shape index (κ2) is 10.1. The first kappa shape index (κ1) is 22.7. The van der Waals surface area contributed by atoms with Crippen LogP contribution in [0.15, 0.2) is 91.3 Å². The first-order chi connectivity index (χ1) is 17.7. The zero-order valence-corrected chi connectivity index (χ0v) is 20.3. The molecule has 1 aromatic heterocycles. The predicted molar refractivity (Wildman–Crippen MR) is 144 cm³/mol. The summed E-state index contributed by atoms with van der Waals surface area (Å²) >= 11 is 0. The molecule has 0 saturated carbocycles. The van der Waals surface area contributed by atoms with Crippen molar-refractivity contribution in [3.05, 3.63) is 102 Å². The first-order valence-electron chi connectivity index (χ1n) is 12.7. The number of piperidine rings is 1. The van der Waals surface area contributed by atoms with Crippen LogP contribution in [0.2, 0.25) is 0 Å². The number of aromatic nitrogens is 2. The standard InChI is InChI=1S/C30H31N5O/c36-28-20-35(17-15-27(28)34-16-14-22-8-4-5-11-24(22)19-34)30-18-29(31-21-32-30)33-26-13-7-6-12-25(26)23-9-2-1-3-10-23/h1-13,18,21,27-28,36H,14-17,19-20H2,(H,31,32,33). The molecular weight excluding hydrogens is 446 g/mol. The van der Waals surface area contributed by atoms with Crippen LogP contribution in [-0.4, -0.2) is 51.8 Å². The molecule has 36 heavy (non-hydrogen) atoms. The van der Waals surface area contributed by atoms with E-state index in [0.717, 1.165) is 60.9 Å². The molecule has 2 aliphatic rings. The van der Waals surface area contributed by atoms with E-state index in [-0.39, 0.29) is 6.04 Å². The highest BCUT2D eigenvalue weighted by atomic mass is 16.3. The number of nitrogens with zero attached hydrogens (tertiary/aromatic N) is 4. The van der Waals surface area contributed by atoms with Gasteiger partial charge in [0.25, 0.3) is 0 Å². The maximum atomic E-state index is 11.1. The highest BCUT2D eigenvalue weighted by molar-refractivity contribution is 5.80. The smallest absolute Gasteiger partial charge is 0.135 e. The van der Waals surface area contributed by atoms with Gasteiger partial charge in [-0.25, -0.2) is 9.97 Å². The first-order valence-corrected chi connectivity index (χ1v) is 12.7. The van der Waals surface area contributed by atoms with Crippen LogP contribution in [0, 0.1) is 0 Å². The van der Waals surface area contributed by atoms with Crippen molar-refractivity contribution in [1.82, 2.24) is 14.9 Å². The Morgan fingerprint density at radius 3 is 2.47 bits per heavy atom. The minimum Gasteiger partial charge on any atom is -0.390 e. The third-order valence-electron chi connectivity index (χ3n) is 7.43. The topological polar surface area (TPSA) is 64.5 Å². The molecule has 4 aromatic rings. The van der Waals surface area contributed by atoms with Crippen molar-refractivity contribution in [2.45, 2.75) is 31.5 Å². The lowest BCUT2D eigenvalue weighted by molar-refractivity contribution is 0.0293. The molecule has 2 aliphatic heterocycles. The van der Waals surface area contributed by atoms with E-state index in [9.17, 15) is 5.11 Å². The molecule has 6 heteroatoms. The largest absolute Gasteiger partial charge is 0.390 e. The zero-order chi connectivity index (χ0) is 24.3. The van der Waals surface area contributed by atoms with Crippen LogP contribution in [0.1, 0.15) is 17.5 Å². The molecule has 6 nitrogen and oxygen atoms in total. The second-order valence-corrected chi connectivity index (χ2v) is 9.66. The highest BCUT2D eigenvalue weighted by Gasteiger charge is 2.34. The predicted octanol–water partition coefficient (Wildman–Crippen LogP) is 4.89. The number of aliphatic hydroxyl groups is 1. The van der Waals surface area contributed by atoms with Crippen LogP contribution < -0.4 is 10.2 Å². The SMILES string of the molecule is OC1CN(c2cc(Nc3ccccc3-c3ccccc3)ncn2)CCC1N1CCc2ccccc2C1. The molecule has 0 bridgehead atoms. The molecule has 0 aliphatic carbocycles. The number of β-amino-alcohol motifs (C(OH)–C–C–N with tert-alkyl or cyclic N) is 1. The van der Waals surface area contributed by atoms with Crippen molar-refractivity contribution in [2.24, 2.45) is 0 Å². The maximum Gasteiger partial charge on any atom is 0.135 e. The van der Waals surface area contributed by atoms with Gasteiger partial charge in [0.1, 0.15) is 18.0 Å². The lowest BCUT2D eigenvalue weighted by Gasteiger charge is -2.43. The molecule has 0 spiro atoms. The van der Waals surface area contributed by atoms with E-state index in [1.54, 1.807) is 6.33 Å². The summed E-state index contributed by atoms with van der Waals surface area (Å²) in [5.74, 6) is 1.58. The molecule has 3 aromatic carbocycles. The molecule has 6 rings (SSSR count). The van der Waals surface area contributed by atoms with E-state index < -0.39 is 6.10 Å². The van der Waals surface area contributed by atoms with Gasteiger partial charge in [-0.3, -0.25) is 4.90 Å². The minimum absolute atomic E-state index is 0.173. The molecule has 2 atom stereocenters. The number of fused-ring (bicyclic) bond motifs is 1. The third kappa shape index (κ3) is 4.70. The van der Waals surface area contributed by atoms with Gasteiger partial charge in [0.15, 0.2) is 0 Å². The number of para-hydroxylation sites is 1. The quantitative estimate of drug-likeness (QED) is 0.427. The second-order valence-electron chi connectivity index (χ2n) is 9.66. The Hall–Kier alpha value is -3.74. The molecule has 2 unspecified atom stereocenters. The molecule has 3 heterocycles. The van der Waals surface area contributed by atoms with Crippen LogP contribution in [0.4, 0.5) is 17.3 Å². The van der Waals surface area contributed by atoms with Crippen molar-refractivity contribution >= 4 is 17.3 Å². The fraction of sp³-hybridized carbons (Fsp3) is 0.267. The normalized spacial score (nSPS) is 20.1. The average molecular weight is 478 g/mol. The van der Waals surface area contributed by atoms with Crippen LogP contribution in [-0.2, 0) is 13.0 Å². The third-order valence-corrected chi connectivity index (χ3v) is 7.43. The summed E-state index contributed by atoms with van der Waals surface area (Å²) in [6, 6.07) is 29.4. The lowest BCUT2D eigenvalue weighted by atomic mass is 9.94. The Morgan fingerprint density at radius 2 is 1.61 bits per heavy atom. The molecule has 2 N–H and O–H groups in total. The highest BCUT2D eigenvalue weighted by Crippen LogP contribution is 2.31. The number of aliphatic hydroxyl groups excluding tert-OH is 1. The fourth-order valence-electron chi connectivity index (χ4n) is 5.54. The van der Waals surface area contributed by atoms with Gasteiger partial charge in [-0.2, -0.15) is 0 Å².